The topological polar surface area (TPSA) is 41.1 Å². The van der Waals surface area contributed by atoms with Crippen molar-refractivity contribution in [2.45, 2.75) is 13.5 Å². The lowest BCUT2D eigenvalue weighted by molar-refractivity contribution is 0.251. The molecule has 104 valence electrons. The van der Waals surface area contributed by atoms with E-state index in [9.17, 15) is 4.79 Å². The van der Waals surface area contributed by atoms with Crippen LogP contribution in [-0.4, -0.2) is 6.03 Å². The lowest BCUT2D eigenvalue weighted by Crippen LogP contribution is -2.28. The molecule has 0 saturated carbocycles. The Bertz CT molecular complexity index is 614. The average molecular weight is 401 g/mol. The van der Waals surface area contributed by atoms with Crippen molar-refractivity contribution in [2.75, 3.05) is 5.32 Å². The van der Waals surface area contributed by atoms with Crippen molar-refractivity contribution in [2.24, 2.45) is 0 Å². The SMILES string of the molecule is Cc1cc(I)ccc1NC(=O)NCc1ccc(Cl)cc1. The van der Waals surface area contributed by atoms with E-state index in [4.69, 9.17) is 11.6 Å². The van der Waals surface area contributed by atoms with Crippen molar-refractivity contribution in [1.29, 1.82) is 0 Å². The van der Waals surface area contributed by atoms with Gasteiger partial charge in [-0.3, -0.25) is 0 Å². The summed E-state index contributed by atoms with van der Waals surface area (Å²) in [5, 5.41) is 6.34. The number of carbonyl (C=O) groups is 1. The Kier molecular flexibility index (Phi) is 5.25. The number of hydrogen-bond donors (Lipinski definition) is 2. The first-order valence-corrected chi connectivity index (χ1v) is 7.56. The normalized spacial score (nSPS) is 10.2. The van der Waals surface area contributed by atoms with Gasteiger partial charge >= 0.3 is 6.03 Å². The van der Waals surface area contributed by atoms with Crippen LogP contribution in [0.2, 0.25) is 5.02 Å². The second kappa shape index (κ2) is 6.95. The summed E-state index contributed by atoms with van der Waals surface area (Å²) in [5.41, 5.74) is 2.86. The largest absolute Gasteiger partial charge is 0.334 e. The maximum absolute atomic E-state index is 11.8. The van der Waals surface area contributed by atoms with E-state index in [1.54, 1.807) is 12.1 Å². The number of carbonyl (C=O) groups excluding carboxylic acids is 1. The number of amides is 2. The summed E-state index contributed by atoms with van der Waals surface area (Å²) in [7, 11) is 0. The highest BCUT2D eigenvalue weighted by atomic mass is 127. The molecular formula is C15H14ClIN2O. The smallest absolute Gasteiger partial charge is 0.319 e. The Balaban J connectivity index is 1.90. The molecule has 2 rings (SSSR count). The molecule has 2 amide bonds. The highest BCUT2D eigenvalue weighted by Crippen LogP contribution is 2.17. The molecule has 20 heavy (non-hydrogen) atoms. The Labute approximate surface area is 136 Å². The van der Waals surface area contributed by atoms with E-state index in [0.717, 1.165) is 20.4 Å². The van der Waals surface area contributed by atoms with Crippen molar-refractivity contribution in [3.63, 3.8) is 0 Å². The first-order chi connectivity index (χ1) is 9.54. The summed E-state index contributed by atoms with van der Waals surface area (Å²) in [6.45, 7) is 2.43. The standard InChI is InChI=1S/C15H14ClIN2O/c1-10-8-13(17)6-7-14(10)19-15(20)18-9-11-2-4-12(16)5-3-11/h2-8H,9H2,1H3,(H2,18,19,20). The Morgan fingerprint density at radius 3 is 2.55 bits per heavy atom. The molecule has 0 heterocycles. The van der Waals surface area contributed by atoms with Gasteiger partial charge < -0.3 is 10.6 Å². The zero-order valence-electron chi connectivity index (χ0n) is 10.9. The maximum atomic E-state index is 11.8. The van der Waals surface area contributed by atoms with Crippen molar-refractivity contribution in [3.8, 4) is 0 Å². The summed E-state index contributed by atoms with van der Waals surface area (Å²) >= 11 is 8.06. The highest BCUT2D eigenvalue weighted by Gasteiger charge is 2.04. The third kappa shape index (κ3) is 4.38. The molecule has 0 radical (unpaired) electrons. The second-order valence-corrected chi connectivity index (χ2v) is 6.08. The molecule has 0 atom stereocenters. The van der Waals surface area contributed by atoms with Crippen LogP contribution in [0.15, 0.2) is 42.5 Å². The molecule has 0 spiro atoms. The quantitative estimate of drug-likeness (QED) is 0.728. The van der Waals surface area contributed by atoms with Gasteiger partial charge in [-0.25, -0.2) is 4.79 Å². The molecule has 0 bridgehead atoms. The minimum Gasteiger partial charge on any atom is -0.334 e. The third-order valence-electron chi connectivity index (χ3n) is 2.80. The number of urea groups is 1. The van der Waals surface area contributed by atoms with Crippen molar-refractivity contribution in [1.82, 2.24) is 5.32 Å². The Hall–Kier alpha value is -1.27. The molecule has 5 heteroatoms. The van der Waals surface area contributed by atoms with Crippen LogP contribution < -0.4 is 10.6 Å². The summed E-state index contributed by atoms with van der Waals surface area (Å²) < 4.78 is 1.15. The predicted octanol–water partition coefficient (Wildman–Crippen LogP) is 4.57. The predicted molar refractivity (Wildman–Crippen MR) is 91.2 cm³/mol. The molecule has 2 aromatic rings. The summed E-state index contributed by atoms with van der Waals surface area (Å²) in [4.78, 5) is 11.8. The van der Waals surface area contributed by atoms with Crippen molar-refractivity contribution >= 4 is 45.9 Å². The molecule has 0 aliphatic heterocycles. The van der Waals surface area contributed by atoms with Crippen LogP contribution in [0.25, 0.3) is 0 Å². The van der Waals surface area contributed by atoms with E-state index in [1.165, 1.54) is 0 Å². The van der Waals surface area contributed by atoms with Crippen LogP contribution in [-0.2, 0) is 6.54 Å². The third-order valence-corrected chi connectivity index (χ3v) is 3.73. The molecule has 0 unspecified atom stereocenters. The van der Waals surface area contributed by atoms with Crippen LogP contribution in [0, 0.1) is 10.5 Å². The fourth-order valence-electron chi connectivity index (χ4n) is 1.72. The lowest BCUT2D eigenvalue weighted by atomic mass is 10.2. The van der Waals surface area contributed by atoms with E-state index in [0.29, 0.717) is 11.6 Å². The van der Waals surface area contributed by atoms with E-state index in [2.05, 4.69) is 33.2 Å². The first kappa shape index (κ1) is 15.1. The number of aryl methyl sites for hydroxylation is 1. The van der Waals surface area contributed by atoms with Gasteiger partial charge in [0.2, 0.25) is 0 Å². The molecule has 2 N–H and O–H groups in total. The molecule has 0 aromatic heterocycles. The minimum atomic E-state index is -0.218. The van der Waals surface area contributed by atoms with Crippen molar-refractivity contribution < 1.29 is 4.79 Å². The number of hydrogen-bond acceptors (Lipinski definition) is 1. The second-order valence-electron chi connectivity index (χ2n) is 4.39. The first-order valence-electron chi connectivity index (χ1n) is 6.10. The number of benzene rings is 2. The van der Waals surface area contributed by atoms with Gasteiger partial charge in [0.15, 0.2) is 0 Å². The number of nitrogens with one attached hydrogen (secondary N) is 2. The Morgan fingerprint density at radius 1 is 1.20 bits per heavy atom. The van der Waals surface area contributed by atoms with Gasteiger partial charge in [-0.05, 0) is 71.0 Å². The van der Waals surface area contributed by atoms with E-state index < -0.39 is 0 Å². The summed E-state index contributed by atoms with van der Waals surface area (Å²) in [5.74, 6) is 0. The van der Waals surface area contributed by atoms with Gasteiger partial charge in [0, 0.05) is 20.8 Å². The molecule has 2 aromatic carbocycles. The maximum Gasteiger partial charge on any atom is 0.319 e. The average Bonchev–Trinajstić information content (AvgIpc) is 2.41. The summed E-state index contributed by atoms with van der Waals surface area (Å²) in [6, 6.07) is 13.1. The van der Waals surface area contributed by atoms with Crippen LogP contribution >= 0.6 is 34.2 Å². The monoisotopic (exact) mass is 400 g/mol. The van der Waals surface area contributed by atoms with Crippen LogP contribution in [0.5, 0.6) is 0 Å². The van der Waals surface area contributed by atoms with Gasteiger partial charge in [0.25, 0.3) is 0 Å². The van der Waals surface area contributed by atoms with E-state index in [-0.39, 0.29) is 6.03 Å². The minimum absolute atomic E-state index is 0.218. The number of halogens is 2. The Morgan fingerprint density at radius 2 is 1.90 bits per heavy atom. The van der Waals surface area contributed by atoms with Crippen LogP contribution in [0.3, 0.4) is 0 Å². The zero-order chi connectivity index (χ0) is 14.5. The molecule has 0 aliphatic carbocycles. The van der Waals surface area contributed by atoms with Crippen LogP contribution in [0.1, 0.15) is 11.1 Å². The van der Waals surface area contributed by atoms with Gasteiger partial charge in [0.1, 0.15) is 0 Å². The van der Waals surface area contributed by atoms with Gasteiger partial charge in [0.05, 0.1) is 0 Å². The summed E-state index contributed by atoms with van der Waals surface area (Å²) in [6.07, 6.45) is 0. The van der Waals surface area contributed by atoms with Gasteiger partial charge in [-0.2, -0.15) is 0 Å². The van der Waals surface area contributed by atoms with Crippen molar-refractivity contribution in [3.05, 3.63) is 62.2 Å². The molecule has 0 fully saturated rings. The van der Waals surface area contributed by atoms with Gasteiger partial charge in [-0.1, -0.05) is 23.7 Å². The number of rotatable bonds is 3. The lowest BCUT2D eigenvalue weighted by Gasteiger charge is -2.10. The van der Waals surface area contributed by atoms with E-state index >= 15 is 0 Å². The fraction of sp³-hybridized carbons (Fsp3) is 0.133. The highest BCUT2D eigenvalue weighted by molar-refractivity contribution is 14.1. The number of anilines is 1. The zero-order valence-corrected chi connectivity index (χ0v) is 13.8. The van der Waals surface area contributed by atoms with Crippen LogP contribution in [0.4, 0.5) is 10.5 Å². The molecule has 0 aliphatic rings. The molecular weight excluding hydrogens is 387 g/mol. The van der Waals surface area contributed by atoms with Gasteiger partial charge in [-0.15, -0.1) is 0 Å². The molecule has 0 saturated heterocycles. The molecule has 3 nitrogen and oxygen atoms in total. The van der Waals surface area contributed by atoms with E-state index in [1.807, 2.05) is 37.3 Å². The fourth-order valence-corrected chi connectivity index (χ4v) is 2.49.